The van der Waals surface area contributed by atoms with Crippen molar-refractivity contribution in [3.8, 4) is 0 Å². The highest BCUT2D eigenvalue weighted by atomic mass is 35.5. The van der Waals surface area contributed by atoms with Crippen LogP contribution >= 0.6 is 11.6 Å². The molecule has 0 aliphatic carbocycles. The van der Waals surface area contributed by atoms with E-state index in [9.17, 15) is 14.0 Å². The van der Waals surface area contributed by atoms with E-state index in [4.69, 9.17) is 16.7 Å². The van der Waals surface area contributed by atoms with Gasteiger partial charge in [0, 0.05) is 18.4 Å². The van der Waals surface area contributed by atoms with Gasteiger partial charge in [-0.25, -0.2) is 13.9 Å². The highest BCUT2D eigenvalue weighted by Gasteiger charge is 2.17. The quantitative estimate of drug-likeness (QED) is 0.235. The van der Waals surface area contributed by atoms with Crippen LogP contribution in [0.2, 0.25) is 5.02 Å². The van der Waals surface area contributed by atoms with E-state index in [1.54, 1.807) is 12.3 Å². The van der Waals surface area contributed by atoms with Crippen LogP contribution in [0.1, 0.15) is 47.3 Å². The number of rotatable bonds is 6. The molecule has 0 aliphatic heterocycles. The fourth-order valence-corrected chi connectivity index (χ4v) is 4.40. The molecule has 0 aliphatic rings. The first-order valence-electron chi connectivity index (χ1n) is 11.0. The Balaban J connectivity index is 1.95. The summed E-state index contributed by atoms with van der Waals surface area (Å²) in [5.74, 6) is -1.61. The molecule has 1 heterocycles. The number of nitrogens with zero attached hydrogens (tertiary/aromatic N) is 2. The van der Waals surface area contributed by atoms with Gasteiger partial charge in [0.1, 0.15) is 5.82 Å². The lowest BCUT2D eigenvalue weighted by atomic mass is 9.87. The minimum absolute atomic E-state index is 0.180. The Labute approximate surface area is 206 Å². The van der Waals surface area contributed by atoms with Crippen LogP contribution in [-0.2, 0) is 4.79 Å². The first-order valence-corrected chi connectivity index (χ1v) is 11.4. The molecule has 7 heteroatoms. The fourth-order valence-electron chi connectivity index (χ4n) is 4.12. The zero-order valence-corrected chi connectivity index (χ0v) is 19.9. The number of carboxylic acids is 1. The van der Waals surface area contributed by atoms with Gasteiger partial charge in [0.05, 0.1) is 16.7 Å². The molecule has 35 heavy (non-hydrogen) atoms. The van der Waals surface area contributed by atoms with E-state index in [1.165, 1.54) is 29.8 Å². The molecule has 1 aromatic heterocycles. The van der Waals surface area contributed by atoms with E-state index in [-0.39, 0.29) is 5.91 Å². The largest absolute Gasteiger partial charge is 0.478 e. The van der Waals surface area contributed by atoms with Crippen LogP contribution in [0.3, 0.4) is 0 Å². The predicted molar refractivity (Wildman–Crippen MR) is 137 cm³/mol. The van der Waals surface area contributed by atoms with Crippen molar-refractivity contribution in [2.75, 3.05) is 0 Å². The second-order valence-corrected chi connectivity index (χ2v) is 8.38. The van der Waals surface area contributed by atoms with Gasteiger partial charge in [0.25, 0.3) is 0 Å². The number of benzene rings is 3. The molecule has 4 aromatic rings. The van der Waals surface area contributed by atoms with Gasteiger partial charge in [-0.2, -0.15) is 5.10 Å². The summed E-state index contributed by atoms with van der Waals surface area (Å²) in [7, 11) is 0. The lowest BCUT2D eigenvalue weighted by molar-refractivity contribution is -0.131. The molecule has 0 radical (unpaired) electrons. The third kappa shape index (κ3) is 5.08. The number of carboxylic acid groups (broad SMARTS) is 1. The average molecular weight is 489 g/mol. The first kappa shape index (κ1) is 24.1. The van der Waals surface area contributed by atoms with Gasteiger partial charge >= 0.3 is 5.97 Å². The Kier molecular flexibility index (Phi) is 6.94. The molecule has 5 nitrogen and oxygen atoms in total. The molecule has 0 spiro atoms. The minimum atomic E-state index is -1.02. The molecule has 0 atom stereocenters. The summed E-state index contributed by atoms with van der Waals surface area (Å²) in [5.41, 5.74) is 5.74. The van der Waals surface area contributed by atoms with Gasteiger partial charge in [-0.3, -0.25) is 4.79 Å². The summed E-state index contributed by atoms with van der Waals surface area (Å²) in [6.07, 6.45) is 4.87. The average Bonchev–Trinajstić information content (AvgIpc) is 3.26. The van der Waals surface area contributed by atoms with Gasteiger partial charge < -0.3 is 5.11 Å². The predicted octanol–water partition coefficient (Wildman–Crippen LogP) is 6.96. The summed E-state index contributed by atoms with van der Waals surface area (Å²) >= 11 is 6.46. The summed E-state index contributed by atoms with van der Waals surface area (Å²) in [4.78, 5) is 22.8. The number of aromatic nitrogens is 2. The number of allylic oxidation sites excluding steroid dienone is 1. The summed E-state index contributed by atoms with van der Waals surface area (Å²) < 4.78 is 15.1. The van der Waals surface area contributed by atoms with Crippen molar-refractivity contribution in [2.45, 2.75) is 20.3 Å². The number of hydrogen-bond acceptors (Lipinski definition) is 3. The van der Waals surface area contributed by atoms with Gasteiger partial charge in [-0.1, -0.05) is 54.9 Å². The molecule has 0 amide bonds. The van der Waals surface area contributed by atoms with Crippen LogP contribution in [-0.4, -0.2) is 26.8 Å². The molecule has 1 N–H and O–H groups in total. The molecule has 4 rings (SSSR count). The van der Waals surface area contributed by atoms with E-state index in [0.29, 0.717) is 17.0 Å². The summed E-state index contributed by atoms with van der Waals surface area (Å²) in [6, 6.07) is 17.6. The smallest absolute Gasteiger partial charge is 0.328 e. The molecule has 0 saturated carbocycles. The van der Waals surface area contributed by atoms with Crippen molar-refractivity contribution in [3.63, 3.8) is 0 Å². The molecule has 0 unspecified atom stereocenters. The first-order chi connectivity index (χ1) is 16.8. The molecule has 0 fully saturated rings. The van der Waals surface area contributed by atoms with Crippen molar-refractivity contribution in [3.05, 3.63) is 106 Å². The Morgan fingerprint density at radius 2 is 1.77 bits per heavy atom. The lowest BCUT2D eigenvalue weighted by Crippen LogP contribution is -2.06. The molecule has 0 bridgehead atoms. The Hall–Kier alpha value is -4.03. The number of halogens is 2. The minimum Gasteiger partial charge on any atom is -0.478 e. The van der Waals surface area contributed by atoms with Crippen LogP contribution in [0, 0.1) is 5.82 Å². The van der Waals surface area contributed by atoms with Crippen molar-refractivity contribution in [1.82, 2.24) is 9.78 Å². The normalized spacial score (nSPS) is 12.2. The second-order valence-electron chi connectivity index (χ2n) is 7.97. The second kappa shape index (κ2) is 10.1. The highest BCUT2D eigenvalue weighted by molar-refractivity contribution is 6.32. The van der Waals surface area contributed by atoms with Gasteiger partial charge in [-0.05, 0) is 70.2 Å². The highest BCUT2D eigenvalue weighted by Crippen LogP contribution is 2.38. The molecule has 0 saturated heterocycles. The maximum Gasteiger partial charge on any atom is 0.328 e. The standard InChI is InChI=1S/C28H22ClFN2O3/c1-3-23(24-11-10-22(30)15-25(24)29)28(19-7-4-18(5-8-19)6-13-27(34)35)20-9-12-26-21(14-20)16-31-32(26)17(2)33/h4-16H,3H2,1-2H3,(H,34,35)/b13-6+,28-23+. The monoisotopic (exact) mass is 488 g/mol. The number of carbonyl (C=O) groups is 2. The molecular weight excluding hydrogens is 467 g/mol. The zero-order chi connectivity index (χ0) is 25.1. The molecule has 3 aromatic carbocycles. The van der Waals surface area contributed by atoms with Crippen molar-refractivity contribution in [2.24, 2.45) is 0 Å². The van der Waals surface area contributed by atoms with Crippen LogP contribution < -0.4 is 0 Å². The number of hydrogen-bond donors (Lipinski definition) is 1. The van der Waals surface area contributed by atoms with E-state index in [2.05, 4.69) is 5.10 Å². The number of fused-ring (bicyclic) bond motifs is 1. The van der Waals surface area contributed by atoms with Crippen LogP contribution in [0.5, 0.6) is 0 Å². The summed E-state index contributed by atoms with van der Waals surface area (Å²) in [6.45, 7) is 3.46. The van der Waals surface area contributed by atoms with Gasteiger partial charge in [0.2, 0.25) is 5.91 Å². The number of aliphatic carboxylic acids is 1. The summed E-state index contributed by atoms with van der Waals surface area (Å²) in [5, 5.41) is 14.2. The Morgan fingerprint density at radius 1 is 1.06 bits per heavy atom. The topological polar surface area (TPSA) is 72.2 Å². The number of carbonyl (C=O) groups excluding carboxylic acids is 1. The Morgan fingerprint density at radius 3 is 2.40 bits per heavy atom. The third-order valence-electron chi connectivity index (χ3n) is 5.68. The van der Waals surface area contributed by atoms with E-state index in [0.717, 1.165) is 44.9 Å². The lowest BCUT2D eigenvalue weighted by Gasteiger charge is -2.18. The third-order valence-corrected chi connectivity index (χ3v) is 6.00. The van der Waals surface area contributed by atoms with Crippen molar-refractivity contribution >= 4 is 51.6 Å². The molecular formula is C28H22ClFN2O3. The maximum atomic E-state index is 13.8. The van der Waals surface area contributed by atoms with E-state index < -0.39 is 11.8 Å². The van der Waals surface area contributed by atoms with Crippen molar-refractivity contribution in [1.29, 1.82) is 0 Å². The van der Waals surface area contributed by atoms with E-state index in [1.807, 2.05) is 49.4 Å². The van der Waals surface area contributed by atoms with Gasteiger partial charge in [-0.15, -0.1) is 0 Å². The van der Waals surface area contributed by atoms with Crippen LogP contribution in [0.25, 0.3) is 28.1 Å². The Bertz CT molecular complexity index is 1500. The fraction of sp³-hybridized carbons (Fsp3) is 0.107. The van der Waals surface area contributed by atoms with E-state index >= 15 is 0 Å². The van der Waals surface area contributed by atoms with Crippen LogP contribution in [0.15, 0.2) is 72.9 Å². The van der Waals surface area contributed by atoms with Crippen molar-refractivity contribution < 1.29 is 19.1 Å². The zero-order valence-electron chi connectivity index (χ0n) is 19.1. The van der Waals surface area contributed by atoms with Gasteiger partial charge in [0.15, 0.2) is 0 Å². The van der Waals surface area contributed by atoms with Crippen LogP contribution in [0.4, 0.5) is 4.39 Å². The SMILES string of the molecule is CC/C(=C(/c1ccc(/C=C/C(=O)O)cc1)c1ccc2c(cnn2C(C)=O)c1)c1ccc(F)cc1Cl. The maximum absolute atomic E-state index is 13.8. The molecule has 176 valence electrons.